The fourth-order valence-electron chi connectivity index (χ4n) is 1.74. The van der Waals surface area contributed by atoms with Gasteiger partial charge in [0, 0.05) is 3.57 Å². The summed E-state index contributed by atoms with van der Waals surface area (Å²) >= 11 is 2.32. The summed E-state index contributed by atoms with van der Waals surface area (Å²) in [7, 11) is 0. The van der Waals surface area contributed by atoms with Crippen LogP contribution in [0.1, 0.15) is 24.4 Å². The number of hydrogen-bond acceptors (Lipinski definition) is 2. The van der Waals surface area contributed by atoms with Crippen LogP contribution < -0.4 is 5.73 Å². The van der Waals surface area contributed by atoms with Crippen LogP contribution in [0.3, 0.4) is 0 Å². The summed E-state index contributed by atoms with van der Waals surface area (Å²) in [6.45, 7) is 0.822. The first-order valence-corrected chi connectivity index (χ1v) is 6.17. The van der Waals surface area contributed by atoms with Crippen LogP contribution in [0.2, 0.25) is 0 Å². The van der Waals surface area contributed by atoms with Crippen molar-refractivity contribution in [1.82, 2.24) is 0 Å². The third kappa shape index (κ3) is 2.52. The third-order valence-electron chi connectivity index (χ3n) is 2.60. The van der Waals surface area contributed by atoms with Crippen LogP contribution in [-0.2, 0) is 4.74 Å². The first-order chi connectivity index (χ1) is 7.29. The minimum atomic E-state index is -0.0154. The van der Waals surface area contributed by atoms with E-state index in [1.165, 1.54) is 14.7 Å². The molecule has 2 nitrogen and oxygen atoms in total. The maximum atomic E-state index is 6.22. The first-order valence-electron chi connectivity index (χ1n) is 5.09. The van der Waals surface area contributed by atoms with Gasteiger partial charge in [-0.25, -0.2) is 0 Å². The Kier molecular flexibility index (Phi) is 3.64. The van der Waals surface area contributed by atoms with Crippen molar-refractivity contribution in [3.05, 3.63) is 45.2 Å². The summed E-state index contributed by atoms with van der Waals surface area (Å²) in [5.74, 6) is 0. The molecule has 0 bridgehead atoms. The fraction of sp³-hybridized carbons (Fsp3) is 0.333. The summed E-state index contributed by atoms with van der Waals surface area (Å²) < 4.78 is 6.54. The minimum absolute atomic E-state index is 0.0154. The lowest BCUT2D eigenvalue weighted by atomic mass is 9.96. The van der Waals surface area contributed by atoms with E-state index in [1.807, 2.05) is 18.4 Å². The summed E-state index contributed by atoms with van der Waals surface area (Å²) in [4.78, 5) is 0. The van der Waals surface area contributed by atoms with E-state index in [4.69, 9.17) is 10.5 Å². The lowest BCUT2D eigenvalue weighted by Gasteiger charge is -2.20. The van der Waals surface area contributed by atoms with Gasteiger partial charge in [-0.15, -0.1) is 0 Å². The molecule has 1 aromatic rings. The van der Waals surface area contributed by atoms with Crippen molar-refractivity contribution in [2.24, 2.45) is 5.73 Å². The maximum absolute atomic E-state index is 6.22. The molecule has 3 heteroatoms. The summed E-state index contributed by atoms with van der Waals surface area (Å²) in [5.41, 5.74) is 8.61. The van der Waals surface area contributed by atoms with E-state index < -0.39 is 0 Å². The highest BCUT2D eigenvalue weighted by atomic mass is 127. The molecule has 1 aliphatic heterocycles. The summed E-state index contributed by atoms with van der Waals surface area (Å²) in [6.07, 6.45) is 3.95. The smallest absolute Gasteiger partial charge is 0.0876 e. The molecular weight excluding hydrogens is 301 g/mol. The topological polar surface area (TPSA) is 35.2 Å². The van der Waals surface area contributed by atoms with Crippen molar-refractivity contribution >= 4 is 22.6 Å². The normalized spacial score (nSPS) is 17.9. The zero-order chi connectivity index (χ0) is 10.7. The van der Waals surface area contributed by atoms with Crippen molar-refractivity contribution in [2.45, 2.75) is 18.9 Å². The molecule has 2 N–H and O–H groups in total. The van der Waals surface area contributed by atoms with Gasteiger partial charge in [-0.3, -0.25) is 0 Å². The van der Waals surface area contributed by atoms with Crippen LogP contribution in [0.5, 0.6) is 0 Å². The molecular formula is C12H14INO. The molecule has 1 aliphatic rings. The van der Waals surface area contributed by atoms with Gasteiger partial charge >= 0.3 is 0 Å². The highest BCUT2D eigenvalue weighted by Gasteiger charge is 2.16. The quantitative estimate of drug-likeness (QED) is 0.852. The molecule has 0 spiro atoms. The predicted octanol–water partition coefficient (Wildman–Crippen LogP) is 2.99. The molecule has 0 amide bonds. The zero-order valence-corrected chi connectivity index (χ0v) is 10.6. The number of hydrogen-bond donors (Lipinski definition) is 1. The Morgan fingerprint density at radius 1 is 1.33 bits per heavy atom. The fourth-order valence-corrected chi connectivity index (χ4v) is 2.46. The van der Waals surface area contributed by atoms with E-state index in [1.54, 1.807) is 0 Å². The predicted molar refractivity (Wildman–Crippen MR) is 69.4 cm³/mol. The van der Waals surface area contributed by atoms with Crippen LogP contribution in [-0.4, -0.2) is 6.61 Å². The maximum Gasteiger partial charge on any atom is 0.0876 e. The largest absolute Gasteiger partial charge is 0.501 e. The number of halogens is 1. The Balaban J connectivity index is 2.23. The van der Waals surface area contributed by atoms with E-state index in [2.05, 4.69) is 34.7 Å². The molecule has 1 aromatic carbocycles. The molecule has 0 radical (unpaired) electrons. The standard InChI is InChI=1S/C12H14INO/c13-11-6-2-1-5-10(11)12(14)9-4-3-7-15-8-9/h1-2,5-6,8,12H,3-4,7,14H2. The van der Waals surface area contributed by atoms with E-state index in [9.17, 15) is 0 Å². The Labute approximate surface area is 104 Å². The number of nitrogens with two attached hydrogens (primary N) is 1. The van der Waals surface area contributed by atoms with Crippen LogP contribution in [0, 0.1) is 3.57 Å². The van der Waals surface area contributed by atoms with Gasteiger partial charge in [0.1, 0.15) is 0 Å². The lowest BCUT2D eigenvalue weighted by molar-refractivity contribution is 0.221. The monoisotopic (exact) mass is 315 g/mol. The molecule has 0 aliphatic carbocycles. The molecule has 1 heterocycles. The molecule has 0 fully saturated rings. The lowest BCUT2D eigenvalue weighted by Crippen LogP contribution is -2.17. The molecule has 0 aromatic heterocycles. The zero-order valence-electron chi connectivity index (χ0n) is 8.45. The molecule has 1 unspecified atom stereocenters. The van der Waals surface area contributed by atoms with E-state index >= 15 is 0 Å². The third-order valence-corrected chi connectivity index (χ3v) is 3.58. The van der Waals surface area contributed by atoms with Gasteiger partial charge in [-0.2, -0.15) is 0 Å². The van der Waals surface area contributed by atoms with Gasteiger partial charge in [0.25, 0.3) is 0 Å². The van der Waals surface area contributed by atoms with Crippen molar-refractivity contribution in [2.75, 3.05) is 6.61 Å². The average Bonchev–Trinajstić information content (AvgIpc) is 2.30. The minimum Gasteiger partial charge on any atom is -0.501 e. The van der Waals surface area contributed by atoms with Crippen molar-refractivity contribution in [3.63, 3.8) is 0 Å². The highest BCUT2D eigenvalue weighted by Crippen LogP contribution is 2.28. The van der Waals surface area contributed by atoms with Gasteiger partial charge in [0.15, 0.2) is 0 Å². The van der Waals surface area contributed by atoms with Crippen molar-refractivity contribution in [1.29, 1.82) is 0 Å². The molecule has 15 heavy (non-hydrogen) atoms. The SMILES string of the molecule is NC(C1=COCCC1)c1ccccc1I. The second-order valence-corrected chi connectivity index (χ2v) is 4.83. The molecule has 0 saturated heterocycles. The number of ether oxygens (including phenoxy) is 1. The van der Waals surface area contributed by atoms with Crippen LogP contribution in [0.25, 0.3) is 0 Å². The van der Waals surface area contributed by atoms with E-state index in [-0.39, 0.29) is 6.04 Å². The molecule has 2 rings (SSSR count). The van der Waals surface area contributed by atoms with Gasteiger partial charge in [0.2, 0.25) is 0 Å². The molecule has 0 saturated carbocycles. The first kappa shape index (κ1) is 11.0. The number of benzene rings is 1. The summed E-state index contributed by atoms with van der Waals surface area (Å²) in [6, 6.07) is 8.21. The van der Waals surface area contributed by atoms with Crippen LogP contribution in [0.4, 0.5) is 0 Å². The summed E-state index contributed by atoms with van der Waals surface area (Å²) in [5, 5.41) is 0. The Bertz CT molecular complexity index is 376. The Morgan fingerprint density at radius 2 is 2.13 bits per heavy atom. The van der Waals surface area contributed by atoms with E-state index in [0.717, 1.165) is 19.4 Å². The second-order valence-electron chi connectivity index (χ2n) is 3.67. The highest BCUT2D eigenvalue weighted by molar-refractivity contribution is 14.1. The Morgan fingerprint density at radius 3 is 2.80 bits per heavy atom. The Hall–Kier alpha value is -0.550. The van der Waals surface area contributed by atoms with Crippen LogP contribution >= 0.6 is 22.6 Å². The van der Waals surface area contributed by atoms with Crippen molar-refractivity contribution < 1.29 is 4.74 Å². The van der Waals surface area contributed by atoms with Gasteiger partial charge in [-0.05, 0) is 52.6 Å². The van der Waals surface area contributed by atoms with E-state index in [0.29, 0.717) is 0 Å². The van der Waals surface area contributed by atoms with Gasteiger partial charge in [0.05, 0.1) is 18.9 Å². The van der Waals surface area contributed by atoms with Gasteiger partial charge in [-0.1, -0.05) is 18.2 Å². The average molecular weight is 315 g/mol. The second kappa shape index (κ2) is 4.99. The molecule has 1 atom stereocenters. The van der Waals surface area contributed by atoms with Crippen molar-refractivity contribution in [3.8, 4) is 0 Å². The van der Waals surface area contributed by atoms with Gasteiger partial charge < -0.3 is 10.5 Å². The number of rotatable bonds is 2. The van der Waals surface area contributed by atoms with Crippen LogP contribution in [0.15, 0.2) is 36.1 Å². The molecule has 80 valence electrons.